The van der Waals surface area contributed by atoms with Gasteiger partial charge in [-0.1, -0.05) is 6.92 Å². The van der Waals surface area contributed by atoms with Crippen molar-refractivity contribution >= 4 is 11.6 Å². The summed E-state index contributed by atoms with van der Waals surface area (Å²) in [4.78, 5) is 13.5. The Hall–Kier alpha value is -2.26. The van der Waals surface area contributed by atoms with Gasteiger partial charge in [-0.15, -0.1) is 0 Å². The van der Waals surface area contributed by atoms with Crippen LogP contribution in [0.4, 0.5) is 5.69 Å². The second kappa shape index (κ2) is 6.46. The molecule has 1 N–H and O–H groups in total. The van der Waals surface area contributed by atoms with Crippen molar-refractivity contribution in [2.45, 2.75) is 33.0 Å². The van der Waals surface area contributed by atoms with Crippen molar-refractivity contribution in [1.29, 1.82) is 5.26 Å². The molecule has 6 heteroatoms. The number of amides is 1. The Morgan fingerprint density at radius 2 is 2.29 bits per heavy atom. The van der Waals surface area contributed by atoms with Gasteiger partial charge in [0.2, 0.25) is 0 Å². The number of anilines is 1. The Morgan fingerprint density at radius 3 is 2.90 bits per heavy atom. The molecule has 1 atom stereocenters. The molecule has 1 aliphatic rings. The van der Waals surface area contributed by atoms with Crippen LogP contribution in [0.3, 0.4) is 0 Å². The maximum Gasteiger partial charge on any atom is 0.268 e. The van der Waals surface area contributed by atoms with Crippen molar-refractivity contribution < 1.29 is 19.4 Å². The molecule has 112 valence electrons. The molecule has 0 fully saturated rings. The molecule has 1 amide bonds. The lowest BCUT2D eigenvalue weighted by atomic mass is 10.1. The number of ether oxygens (including phenoxy) is 2. The number of fused-ring (bicyclic) bond motifs is 1. The quantitative estimate of drug-likeness (QED) is 0.833. The van der Waals surface area contributed by atoms with E-state index in [1.807, 2.05) is 13.0 Å². The molecule has 0 saturated heterocycles. The number of carbonyl (C=O) groups is 1. The summed E-state index contributed by atoms with van der Waals surface area (Å²) in [5.41, 5.74) is 1.08. The Balaban J connectivity index is 2.52. The Morgan fingerprint density at radius 1 is 1.52 bits per heavy atom. The van der Waals surface area contributed by atoms with Gasteiger partial charge < -0.3 is 14.6 Å². The van der Waals surface area contributed by atoms with Gasteiger partial charge in [0.15, 0.2) is 17.6 Å². The van der Waals surface area contributed by atoms with E-state index in [2.05, 4.69) is 0 Å². The topological polar surface area (TPSA) is 82.8 Å². The summed E-state index contributed by atoms with van der Waals surface area (Å²) in [5.74, 6) is 0.657. The minimum absolute atomic E-state index is 0.0678. The predicted octanol–water partition coefficient (Wildman–Crippen LogP) is 1.61. The Labute approximate surface area is 123 Å². The van der Waals surface area contributed by atoms with E-state index in [0.29, 0.717) is 29.4 Å². The molecule has 1 heterocycles. The summed E-state index contributed by atoms with van der Waals surface area (Å²) < 4.78 is 11.3. The van der Waals surface area contributed by atoms with Gasteiger partial charge in [-0.2, -0.15) is 5.26 Å². The van der Waals surface area contributed by atoms with Crippen molar-refractivity contribution in [1.82, 2.24) is 0 Å². The second-order valence-corrected chi connectivity index (χ2v) is 4.79. The molecule has 1 aromatic rings. The van der Waals surface area contributed by atoms with E-state index >= 15 is 0 Å². The molecule has 0 aromatic heterocycles. The zero-order valence-corrected chi connectivity index (χ0v) is 12.1. The Kier molecular flexibility index (Phi) is 4.66. The molecular formula is C15H18N2O4. The molecule has 0 bridgehead atoms. The van der Waals surface area contributed by atoms with Gasteiger partial charge in [0.05, 0.1) is 25.0 Å². The van der Waals surface area contributed by atoms with Gasteiger partial charge in [-0.25, -0.2) is 0 Å². The van der Waals surface area contributed by atoms with Crippen LogP contribution in [0, 0.1) is 11.3 Å². The molecule has 0 aliphatic carbocycles. The van der Waals surface area contributed by atoms with Crippen LogP contribution in [0.15, 0.2) is 12.1 Å². The van der Waals surface area contributed by atoms with E-state index < -0.39 is 6.10 Å². The largest absolute Gasteiger partial charge is 0.490 e. The first-order valence-electron chi connectivity index (χ1n) is 6.87. The molecule has 2 rings (SSSR count). The van der Waals surface area contributed by atoms with Crippen molar-refractivity contribution in [2.24, 2.45) is 0 Å². The van der Waals surface area contributed by atoms with Crippen LogP contribution >= 0.6 is 0 Å². The number of nitriles is 1. The highest BCUT2D eigenvalue weighted by Gasteiger charge is 2.34. The zero-order chi connectivity index (χ0) is 15.4. The van der Waals surface area contributed by atoms with Crippen LogP contribution in [-0.2, 0) is 11.4 Å². The van der Waals surface area contributed by atoms with E-state index in [1.165, 1.54) is 4.90 Å². The number of aliphatic hydroxyl groups excluding tert-OH is 1. The van der Waals surface area contributed by atoms with Crippen molar-refractivity contribution in [3.63, 3.8) is 0 Å². The summed E-state index contributed by atoms with van der Waals surface area (Å²) in [6, 6.07) is 5.32. The molecule has 0 radical (unpaired) electrons. The fourth-order valence-electron chi connectivity index (χ4n) is 2.17. The van der Waals surface area contributed by atoms with Crippen LogP contribution in [0.5, 0.6) is 11.5 Å². The first kappa shape index (κ1) is 15.1. The van der Waals surface area contributed by atoms with Gasteiger partial charge in [-0.05, 0) is 31.0 Å². The normalized spacial score (nSPS) is 17.0. The summed E-state index contributed by atoms with van der Waals surface area (Å²) in [6.07, 6.45) is 0.156. The first-order valence-corrected chi connectivity index (χ1v) is 6.87. The summed E-state index contributed by atoms with van der Waals surface area (Å²) in [7, 11) is 0. The third-order valence-corrected chi connectivity index (χ3v) is 3.17. The highest BCUT2D eigenvalue weighted by Crippen LogP contribution is 2.43. The van der Waals surface area contributed by atoms with Gasteiger partial charge in [0, 0.05) is 0 Å². The predicted molar refractivity (Wildman–Crippen MR) is 76.2 cm³/mol. The average molecular weight is 290 g/mol. The van der Waals surface area contributed by atoms with Crippen LogP contribution in [0.1, 0.15) is 25.8 Å². The lowest BCUT2D eigenvalue weighted by Gasteiger charge is -2.32. The van der Waals surface area contributed by atoms with Gasteiger partial charge in [-0.3, -0.25) is 9.69 Å². The van der Waals surface area contributed by atoms with Crippen LogP contribution in [0.2, 0.25) is 0 Å². The lowest BCUT2D eigenvalue weighted by molar-refractivity contribution is -0.125. The highest BCUT2D eigenvalue weighted by atomic mass is 16.5. The molecule has 1 aromatic carbocycles. The van der Waals surface area contributed by atoms with Gasteiger partial charge in [0.25, 0.3) is 5.91 Å². The third-order valence-electron chi connectivity index (χ3n) is 3.17. The standard InChI is InChI=1S/C15H18N2O4/c1-3-6-20-13-8-11(9-18)7-12-14(13)21-10(2)15(19)17(12)5-4-16/h7-8,10,18H,3,5-6,9H2,1-2H3. The van der Waals surface area contributed by atoms with E-state index in [4.69, 9.17) is 14.7 Å². The van der Waals surface area contributed by atoms with Crippen LogP contribution < -0.4 is 14.4 Å². The fourth-order valence-corrected chi connectivity index (χ4v) is 2.17. The molecule has 6 nitrogen and oxygen atoms in total. The molecule has 0 saturated carbocycles. The first-order chi connectivity index (χ1) is 10.1. The SMILES string of the molecule is CCCOc1cc(CO)cc2c1OC(C)C(=O)N2CC#N. The third kappa shape index (κ3) is 2.93. The number of rotatable bonds is 5. The van der Waals surface area contributed by atoms with E-state index in [1.54, 1.807) is 19.1 Å². The van der Waals surface area contributed by atoms with Crippen molar-refractivity contribution in [3.05, 3.63) is 17.7 Å². The summed E-state index contributed by atoms with van der Waals surface area (Å²) in [5, 5.41) is 18.3. The van der Waals surface area contributed by atoms with Gasteiger partial charge in [0.1, 0.15) is 6.54 Å². The van der Waals surface area contributed by atoms with Crippen molar-refractivity contribution in [2.75, 3.05) is 18.1 Å². The zero-order valence-electron chi connectivity index (χ0n) is 12.1. The number of hydrogen-bond acceptors (Lipinski definition) is 5. The van der Waals surface area contributed by atoms with Gasteiger partial charge >= 0.3 is 0 Å². The summed E-state index contributed by atoms with van der Waals surface area (Å²) in [6.45, 7) is 3.88. The maximum atomic E-state index is 12.1. The average Bonchev–Trinajstić information content (AvgIpc) is 2.49. The van der Waals surface area contributed by atoms with Crippen LogP contribution in [0.25, 0.3) is 0 Å². The molecule has 1 aliphatic heterocycles. The van der Waals surface area contributed by atoms with E-state index in [9.17, 15) is 9.90 Å². The number of aliphatic hydroxyl groups is 1. The van der Waals surface area contributed by atoms with E-state index in [0.717, 1.165) is 6.42 Å². The van der Waals surface area contributed by atoms with Crippen LogP contribution in [-0.4, -0.2) is 30.3 Å². The number of nitrogens with zero attached hydrogens (tertiary/aromatic N) is 2. The summed E-state index contributed by atoms with van der Waals surface area (Å²) >= 11 is 0. The molecule has 0 spiro atoms. The Bertz CT molecular complexity index is 580. The maximum absolute atomic E-state index is 12.1. The highest BCUT2D eigenvalue weighted by molar-refractivity contribution is 6.00. The minimum atomic E-state index is -0.671. The molecule has 21 heavy (non-hydrogen) atoms. The van der Waals surface area contributed by atoms with Crippen molar-refractivity contribution in [3.8, 4) is 17.6 Å². The second-order valence-electron chi connectivity index (χ2n) is 4.79. The number of hydrogen-bond donors (Lipinski definition) is 1. The minimum Gasteiger partial charge on any atom is -0.490 e. The smallest absolute Gasteiger partial charge is 0.268 e. The molecular weight excluding hydrogens is 272 g/mol. The monoisotopic (exact) mass is 290 g/mol. The number of carbonyl (C=O) groups excluding carboxylic acids is 1. The lowest BCUT2D eigenvalue weighted by Crippen LogP contribution is -2.44. The number of benzene rings is 1. The molecule has 1 unspecified atom stereocenters. The van der Waals surface area contributed by atoms with E-state index in [-0.39, 0.29) is 19.1 Å². The fraction of sp³-hybridized carbons (Fsp3) is 0.467.